The lowest BCUT2D eigenvalue weighted by molar-refractivity contribution is 0.0504. The third-order valence-corrected chi connectivity index (χ3v) is 6.18. The first kappa shape index (κ1) is 16.4. The summed E-state index contributed by atoms with van der Waals surface area (Å²) in [6, 6.07) is 10.1. The number of hydrogen-bond donors (Lipinski definition) is 0. The van der Waals surface area contributed by atoms with Crippen LogP contribution in [0.5, 0.6) is 5.75 Å². The van der Waals surface area contributed by atoms with Crippen LogP contribution in [0.3, 0.4) is 0 Å². The van der Waals surface area contributed by atoms with E-state index in [-0.39, 0.29) is 0 Å². The number of hydrogen-bond acceptors (Lipinski definition) is 4. The molecule has 2 atom stereocenters. The molecule has 3 aliphatic heterocycles. The second-order valence-corrected chi connectivity index (χ2v) is 7.58. The Balaban J connectivity index is 1.33. The Morgan fingerprint density at radius 1 is 0.958 bits per heavy atom. The van der Waals surface area contributed by atoms with Gasteiger partial charge in [-0.2, -0.15) is 0 Å². The van der Waals surface area contributed by atoms with Crippen molar-refractivity contribution in [3.8, 4) is 5.75 Å². The van der Waals surface area contributed by atoms with Crippen molar-refractivity contribution in [2.75, 3.05) is 40.0 Å². The molecule has 1 aromatic rings. The second kappa shape index (κ2) is 7.42. The molecule has 4 heteroatoms. The lowest BCUT2D eigenvalue weighted by Crippen LogP contribution is -2.39. The second-order valence-electron chi connectivity index (χ2n) is 7.58. The van der Waals surface area contributed by atoms with Gasteiger partial charge in [0.15, 0.2) is 0 Å². The molecular formula is C20H30N2O2. The van der Waals surface area contributed by atoms with Crippen molar-refractivity contribution >= 4 is 0 Å². The SMILES string of the molecule is COc1ccc(CN2CC[C@@H]3[C@@H]2CCN3CC2CCOCC2)cc1. The predicted molar refractivity (Wildman–Crippen MR) is 95.3 cm³/mol. The molecule has 0 spiro atoms. The van der Waals surface area contributed by atoms with E-state index in [0.29, 0.717) is 0 Å². The summed E-state index contributed by atoms with van der Waals surface area (Å²) in [5.41, 5.74) is 1.40. The summed E-state index contributed by atoms with van der Waals surface area (Å²) in [6.07, 6.45) is 5.18. The van der Waals surface area contributed by atoms with Gasteiger partial charge < -0.3 is 9.47 Å². The Morgan fingerprint density at radius 3 is 2.33 bits per heavy atom. The fraction of sp³-hybridized carbons (Fsp3) is 0.700. The highest BCUT2D eigenvalue weighted by Gasteiger charge is 2.42. The Bertz CT molecular complexity index is 527. The minimum Gasteiger partial charge on any atom is -0.497 e. The number of rotatable bonds is 5. The standard InChI is InChI=1S/C20H30N2O2/c1-23-18-4-2-16(3-5-18)14-21-10-6-20-19(21)7-11-22(20)15-17-8-12-24-13-9-17/h2-5,17,19-20H,6-15H2,1H3/t19-,20+/m0/s1. The van der Waals surface area contributed by atoms with E-state index in [1.54, 1.807) is 7.11 Å². The zero-order valence-electron chi connectivity index (χ0n) is 14.8. The molecule has 0 radical (unpaired) electrons. The van der Waals surface area contributed by atoms with E-state index in [0.717, 1.165) is 43.5 Å². The smallest absolute Gasteiger partial charge is 0.118 e. The van der Waals surface area contributed by atoms with Gasteiger partial charge in [-0.05, 0) is 49.3 Å². The number of likely N-dealkylation sites (tertiary alicyclic amines) is 2. The lowest BCUT2D eigenvalue weighted by atomic mass is 9.99. The van der Waals surface area contributed by atoms with Crippen LogP contribution >= 0.6 is 0 Å². The number of nitrogens with zero attached hydrogens (tertiary/aromatic N) is 2. The molecule has 4 rings (SSSR count). The number of benzene rings is 1. The maximum Gasteiger partial charge on any atom is 0.118 e. The molecule has 1 aromatic carbocycles. The number of fused-ring (bicyclic) bond motifs is 1. The third kappa shape index (κ3) is 3.46. The molecule has 24 heavy (non-hydrogen) atoms. The van der Waals surface area contributed by atoms with Crippen molar-refractivity contribution in [2.45, 2.75) is 44.3 Å². The van der Waals surface area contributed by atoms with Gasteiger partial charge in [0, 0.05) is 51.5 Å². The van der Waals surface area contributed by atoms with Gasteiger partial charge >= 0.3 is 0 Å². The molecule has 3 aliphatic rings. The highest BCUT2D eigenvalue weighted by Crippen LogP contribution is 2.34. The van der Waals surface area contributed by atoms with Crippen LogP contribution in [0.4, 0.5) is 0 Å². The topological polar surface area (TPSA) is 24.9 Å². The van der Waals surface area contributed by atoms with Crippen LogP contribution in [0.15, 0.2) is 24.3 Å². The maximum absolute atomic E-state index is 5.52. The van der Waals surface area contributed by atoms with Gasteiger partial charge in [0.2, 0.25) is 0 Å². The molecule has 0 N–H and O–H groups in total. The van der Waals surface area contributed by atoms with Crippen LogP contribution in [-0.4, -0.2) is 61.8 Å². The van der Waals surface area contributed by atoms with E-state index in [9.17, 15) is 0 Å². The summed E-state index contributed by atoms with van der Waals surface area (Å²) >= 11 is 0. The maximum atomic E-state index is 5.52. The van der Waals surface area contributed by atoms with E-state index in [1.807, 2.05) is 0 Å². The zero-order valence-corrected chi connectivity index (χ0v) is 14.8. The van der Waals surface area contributed by atoms with Crippen molar-refractivity contribution in [1.29, 1.82) is 0 Å². The first-order valence-corrected chi connectivity index (χ1v) is 9.52. The van der Waals surface area contributed by atoms with Gasteiger partial charge in [-0.1, -0.05) is 12.1 Å². The van der Waals surface area contributed by atoms with E-state index in [1.165, 1.54) is 50.9 Å². The molecule has 0 unspecified atom stereocenters. The monoisotopic (exact) mass is 330 g/mol. The van der Waals surface area contributed by atoms with Crippen LogP contribution in [0.1, 0.15) is 31.2 Å². The highest BCUT2D eigenvalue weighted by molar-refractivity contribution is 5.27. The molecule has 4 nitrogen and oxygen atoms in total. The Morgan fingerprint density at radius 2 is 1.62 bits per heavy atom. The molecule has 3 saturated heterocycles. The van der Waals surface area contributed by atoms with Crippen molar-refractivity contribution in [3.05, 3.63) is 29.8 Å². The molecule has 0 amide bonds. The van der Waals surface area contributed by atoms with Crippen molar-refractivity contribution in [2.24, 2.45) is 5.92 Å². The quantitative estimate of drug-likeness (QED) is 0.829. The first-order valence-electron chi connectivity index (χ1n) is 9.52. The number of ether oxygens (including phenoxy) is 2. The Kier molecular flexibility index (Phi) is 5.06. The Labute approximate surface area is 145 Å². The minimum absolute atomic E-state index is 0.756. The summed E-state index contributed by atoms with van der Waals surface area (Å²) in [4.78, 5) is 5.49. The summed E-state index contributed by atoms with van der Waals surface area (Å²) in [5, 5.41) is 0. The van der Waals surface area contributed by atoms with Gasteiger partial charge in [0.25, 0.3) is 0 Å². The fourth-order valence-corrected chi connectivity index (χ4v) is 4.81. The van der Waals surface area contributed by atoms with Gasteiger partial charge in [0.05, 0.1) is 7.11 Å². The van der Waals surface area contributed by atoms with Crippen LogP contribution in [0.2, 0.25) is 0 Å². The molecule has 0 aromatic heterocycles. The van der Waals surface area contributed by atoms with Gasteiger partial charge in [0.1, 0.15) is 5.75 Å². The molecular weight excluding hydrogens is 300 g/mol. The van der Waals surface area contributed by atoms with Gasteiger partial charge in [-0.3, -0.25) is 9.80 Å². The average molecular weight is 330 g/mol. The molecule has 3 fully saturated rings. The van der Waals surface area contributed by atoms with Crippen LogP contribution in [0, 0.1) is 5.92 Å². The largest absolute Gasteiger partial charge is 0.497 e. The van der Waals surface area contributed by atoms with E-state index < -0.39 is 0 Å². The molecule has 0 bridgehead atoms. The fourth-order valence-electron chi connectivity index (χ4n) is 4.81. The predicted octanol–water partition coefficient (Wildman–Crippen LogP) is 2.77. The molecule has 0 saturated carbocycles. The summed E-state index contributed by atoms with van der Waals surface area (Å²) in [7, 11) is 1.73. The summed E-state index contributed by atoms with van der Waals surface area (Å²) in [5.74, 6) is 1.80. The normalized spacial score (nSPS) is 29.0. The summed E-state index contributed by atoms with van der Waals surface area (Å²) in [6.45, 7) is 6.83. The zero-order chi connectivity index (χ0) is 16.4. The van der Waals surface area contributed by atoms with Crippen LogP contribution in [-0.2, 0) is 11.3 Å². The van der Waals surface area contributed by atoms with Crippen LogP contribution < -0.4 is 4.74 Å². The summed E-state index contributed by atoms with van der Waals surface area (Å²) < 4.78 is 10.8. The molecule has 3 heterocycles. The number of methoxy groups -OCH3 is 1. The van der Waals surface area contributed by atoms with E-state index in [2.05, 4.69) is 34.1 Å². The van der Waals surface area contributed by atoms with Crippen molar-refractivity contribution in [3.63, 3.8) is 0 Å². The molecule has 0 aliphatic carbocycles. The van der Waals surface area contributed by atoms with Crippen molar-refractivity contribution < 1.29 is 9.47 Å². The average Bonchev–Trinajstić information content (AvgIpc) is 3.20. The van der Waals surface area contributed by atoms with Gasteiger partial charge in [-0.25, -0.2) is 0 Å². The van der Waals surface area contributed by atoms with E-state index >= 15 is 0 Å². The van der Waals surface area contributed by atoms with Crippen LogP contribution in [0.25, 0.3) is 0 Å². The lowest BCUT2D eigenvalue weighted by Gasteiger charge is -2.30. The minimum atomic E-state index is 0.756. The van der Waals surface area contributed by atoms with Gasteiger partial charge in [-0.15, -0.1) is 0 Å². The first-order chi connectivity index (χ1) is 11.8. The third-order valence-electron chi connectivity index (χ3n) is 6.18. The van der Waals surface area contributed by atoms with Crippen molar-refractivity contribution in [1.82, 2.24) is 9.80 Å². The molecule has 132 valence electrons. The Hall–Kier alpha value is -1.10. The highest BCUT2D eigenvalue weighted by atomic mass is 16.5. The van der Waals surface area contributed by atoms with E-state index in [4.69, 9.17) is 9.47 Å².